The molecule has 0 spiro atoms. The average Bonchev–Trinajstić information content (AvgIpc) is 3.56. The third-order valence-electron chi connectivity index (χ3n) is 5.68. The third kappa shape index (κ3) is 4.58. The van der Waals surface area contributed by atoms with E-state index >= 15 is 0 Å². The van der Waals surface area contributed by atoms with Crippen LogP contribution >= 0.6 is 11.3 Å². The molecule has 0 saturated carbocycles. The molecule has 8 heteroatoms. The lowest BCUT2D eigenvalue weighted by molar-refractivity contribution is 0.262. The standard InChI is InChI=1S/C26H25N5O2S/c1-16-6-10-19(11-7-16)21-15-22(23-5-4-14-33-23)31(30-21)26-27-18(3)24(34-26)29-25(32)28-20-12-8-17(2)9-13-20/h4-14,22H,15H2,1-3H3,(H2,28,29,32). The summed E-state index contributed by atoms with van der Waals surface area (Å²) in [6.07, 6.45) is 2.37. The molecule has 1 aliphatic rings. The fourth-order valence-corrected chi connectivity index (χ4v) is 4.77. The molecule has 5 rings (SSSR count). The zero-order chi connectivity index (χ0) is 23.7. The molecule has 1 unspecified atom stereocenters. The van der Waals surface area contributed by atoms with E-state index in [4.69, 9.17) is 14.5 Å². The van der Waals surface area contributed by atoms with Gasteiger partial charge in [-0.25, -0.2) is 14.8 Å². The lowest BCUT2D eigenvalue weighted by atomic mass is 10.0. The molecule has 172 valence electrons. The van der Waals surface area contributed by atoms with Crippen molar-refractivity contribution in [2.45, 2.75) is 33.2 Å². The second-order valence-electron chi connectivity index (χ2n) is 8.35. The maximum Gasteiger partial charge on any atom is 0.324 e. The second kappa shape index (κ2) is 9.15. The molecular weight excluding hydrogens is 446 g/mol. The molecule has 0 saturated heterocycles. The van der Waals surface area contributed by atoms with Gasteiger partial charge in [-0.3, -0.25) is 5.32 Å². The quantitative estimate of drug-likeness (QED) is 0.341. The SMILES string of the molecule is Cc1ccc(NC(=O)Nc2sc(N3N=C(c4ccc(C)cc4)CC3c3ccco3)nc2C)cc1. The Labute approximate surface area is 202 Å². The Hall–Kier alpha value is -3.91. The van der Waals surface area contributed by atoms with Crippen LogP contribution in [0.4, 0.5) is 20.6 Å². The minimum Gasteiger partial charge on any atom is -0.467 e. The number of hydrogen-bond donors (Lipinski definition) is 2. The summed E-state index contributed by atoms with van der Waals surface area (Å²) in [5.41, 5.74) is 5.86. The highest BCUT2D eigenvalue weighted by Crippen LogP contribution is 2.41. The fraction of sp³-hybridized carbons (Fsp3) is 0.192. The van der Waals surface area contributed by atoms with Crippen molar-refractivity contribution in [3.8, 4) is 0 Å². The smallest absolute Gasteiger partial charge is 0.324 e. The van der Waals surface area contributed by atoms with Crippen LogP contribution in [0.1, 0.15) is 40.6 Å². The molecule has 3 heterocycles. The van der Waals surface area contributed by atoms with E-state index in [-0.39, 0.29) is 12.1 Å². The first-order chi connectivity index (χ1) is 16.5. The summed E-state index contributed by atoms with van der Waals surface area (Å²) in [5, 5.41) is 14.0. The lowest BCUT2D eigenvalue weighted by Gasteiger charge is -2.18. The molecule has 2 amide bonds. The fourth-order valence-electron chi connectivity index (χ4n) is 3.81. The summed E-state index contributed by atoms with van der Waals surface area (Å²) < 4.78 is 5.73. The Morgan fingerprint density at radius 2 is 1.71 bits per heavy atom. The number of anilines is 3. The Morgan fingerprint density at radius 1 is 1.00 bits per heavy atom. The van der Waals surface area contributed by atoms with Crippen LogP contribution in [0.2, 0.25) is 0 Å². The molecule has 4 aromatic rings. The highest BCUT2D eigenvalue weighted by atomic mass is 32.1. The molecule has 1 atom stereocenters. The Balaban J connectivity index is 1.39. The number of hydrazone groups is 1. The lowest BCUT2D eigenvalue weighted by Crippen LogP contribution is -2.19. The number of thiazole rings is 1. The third-order valence-corrected chi connectivity index (χ3v) is 6.75. The monoisotopic (exact) mass is 471 g/mol. The van der Waals surface area contributed by atoms with Crippen molar-refractivity contribution in [2.75, 3.05) is 15.6 Å². The number of nitrogens with one attached hydrogen (secondary N) is 2. The molecule has 2 aromatic heterocycles. The normalized spacial score (nSPS) is 15.3. The number of urea groups is 1. The van der Waals surface area contributed by atoms with E-state index in [1.165, 1.54) is 16.9 Å². The van der Waals surface area contributed by atoms with Crippen LogP contribution in [0.25, 0.3) is 0 Å². The summed E-state index contributed by atoms with van der Waals surface area (Å²) in [6.45, 7) is 5.96. The number of carbonyl (C=O) groups is 1. The minimum atomic E-state index is -0.310. The highest BCUT2D eigenvalue weighted by Gasteiger charge is 2.34. The van der Waals surface area contributed by atoms with E-state index in [1.54, 1.807) is 6.26 Å². The van der Waals surface area contributed by atoms with Gasteiger partial charge < -0.3 is 9.73 Å². The molecular formula is C26H25N5O2S. The number of amides is 2. The topological polar surface area (TPSA) is 82.8 Å². The maximum absolute atomic E-state index is 12.6. The largest absolute Gasteiger partial charge is 0.467 e. The van der Waals surface area contributed by atoms with E-state index in [1.807, 2.05) is 55.3 Å². The maximum atomic E-state index is 12.6. The van der Waals surface area contributed by atoms with Gasteiger partial charge in [-0.05, 0) is 50.6 Å². The van der Waals surface area contributed by atoms with Crippen molar-refractivity contribution in [3.05, 3.63) is 95.1 Å². The Bertz CT molecular complexity index is 1320. The molecule has 0 fully saturated rings. The van der Waals surface area contributed by atoms with Crippen LogP contribution in [0.3, 0.4) is 0 Å². The summed E-state index contributed by atoms with van der Waals surface area (Å²) >= 11 is 1.39. The van der Waals surface area contributed by atoms with E-state index < -0.39 is 0 Å². The van der Waals surface area contributed by atoms with Crippen molar-refractivity contribution in [1.82, 2.24) is 4.98 Å². The number of aromatic nitrogens is 1. The van der Waals surface area contributed by atoms with Crippen LogP contribution in [0, 0.1) is 20.8 Å². The van der Waals surface area contributed by atoms with Gasteiger partial charge in [0, 0.05) is 12.1 Å². The average molecular weight is 472 g/mol. The van der Waals surface area contributed by atoms with E-state index in [0.29, 0.717) is 16.6 Å². The Kier molecular flexibility index (Phi) is 5.90. The number of carbonyl (C=O) groups excluding carboxylic acids is 1. The second-order valence-corrected chi connectivity index (χ2v) is 9.33. The van der Waals surface area contributed by atoms with Gasteiger partial charge in [-0.2, -0.15) is 5.10 Å². The van der Waals surface area contributed by atoms with Crippen molar-refractivity contribution >= 4 is 38.9 Å². The van der Waals surface area contributed by atoms with Crippen LogP contribution in [0.15, 0.2) is 76.4 Å². The minimum absolute atomic E-state index is 0.105. The van der Waals surface area contributed by atoms with E-state index in [9.17, 15) is 4.79 Å². The number of rotatable bonds is 5. The van der Waals surface area contributed by atoms with E-state index in [0.717, 1.165) is 34.0 Å². The van der Waals surface area contributed by atoms with E-state index in [2.05, 4.69) is 41.8 Å². The zero-order valence-electron chi connectivity index (χ0n) is 19.2. The molecule has 34 heavy (non-hydrogen) atoms. The van der Waals surface area contributed by atoms with Crippen LogP contribution < -0.4 is 15.6 Å². The van der Waals surface area contributed by atoms with Gasteiger partial charge in [0.1, 0.15) is 16.8 Å². The summed E-state index contributed by atoms with van der Waals surface area (Å²) in [5.74, 6) is 0.824. The Morgan fingerprint density at radius 3 is 2.38 bits per heavy atom. The van der Waals surface area contributed by atoms with Crippen molar-refractivity contribution in [3.63, 3.8) is 0 Å². The van der Waals surface area contributed by atoms with Crippen LogP contribution in [-0.2, 0) is 0 Å². The first kappa shape index (κ1) is 21.9. The van der Waals surface area contributed by atoms with Crippen LogP contribution in [0.5, 0.6) is 0 Å². The zero-order valence-corrected chi connectivity index (χ0v) is 20.0. The molecule has 0 aliphatic carbocycles. The van der Waals surface area contributed by atoms with Crippen molar-refractivity contribution in [2.24, 2.45) is 5.10 Å². The van der Waals surface area contributed by atoms with Gasteiger partial charge in [0.05, 0.1) is 17.7 Å². The van der Waals surface area contributed by atoms with Crippen molar-refractivity contribution < 1.29 is 9.21 Å². The first-order valence-electron chi connectivity index (χ1n) is 11.1. The molecule has 2 aromatic carbocycles. The predicted octanol–water partition coefficient (Wildman–Crippen LogP) is 6.66. The van der Waals surface area contributed by atoms with Gasteiger partial charge in [0.2, 0.25) is 5.13 Å². The molecule has 7 nitrogen and oxygen atoms in total. The molecule has 0 bridgehead atoms. The number of aryl methyl sites for hydroxylation is 3. The number of hydrogen-bond acceptors (Lipinski definition) is 6. The van der Waals surface area contributed by atoms with Crippen LogP contribution in [-0.4, -0.2) is 16.7 Å². The number of nitrogens with zero attached hydrogens (tertiary/aromatic N) is 3. The molecule has 2 N–H and O–H groups in total. The highest BCUT2D eigenvalue weighted by molar-refractivity contribution is 7.19. The first-order valence-corrected chi connectivity index (χ1v) is 11.9. The van der Waals surface area contributed by atoms with Crippen molar-refractivity contribution in [1.29, 1.82) is 0 Å². The summed E-state index contributed by atoms with van der Waals surface area (Å²) in [6, 6.07) is 19.4. The predicted molar refractivity (Wildman–Crippen MR) is 137 cm³/mol. The van der Waals surface area contributed by atoms with Gasteiger partial charge in [0.25, 0.3) is 0 Å². The summed E-state index contributed by atoms with van der Waals surface area (Å²) in [7, 11) is 0. The van der Waals surface area contributed by atoms with Gasteiger partial charge in [0.15, 0.2) is 0 Å². The number of furan rings is 1. The summed E-state index contributed by atoms with van der Waals surface area (Å²) in [4.78, 5) is 17.3. The van der Waals surface area contributed by atoms with Gasteiger partial charge >= 0.3 is 6.03 Å². The van der Waals surface area contributed by atoms with Gasteiger partial charge in [-0.15, -0.1) is 0 Å². The molecule has 1 aliphatic heterocycles. The van der Waals surface area contributed by atoms with Gasteiger partial charge in [-0.1, -0.05) is 58.9 Å². The number of benzene rings is 2. The molecule has 0 radical (unpaired) electrons.